The molecule has 2 aliphatic rings. The van der Waals surface area contributed by atoms with Crippen LogP contribution in [0.5, 0.6) is 0 Å². The smallest absolute Gasteiger partial charge is 0.229 e. The number of piperidine rings is 1. The van der Waals surface area contributed by atoms with Crippen molar-refractivity contribution in [3.8, 4) is 0 Å². The molecule has 108 valence electrons. The molecule has 6 heteroatoms. The first kappa shape index (κ1) is 12.8. The Kier molecular flexibility index (Phi) is 2.92. The zero-order chi connectivity index (χ0) is 14.3. The molecule has 21 heavy (non-hydrogen) atoms. The molecular formula is C15H16N4OS. The van der Waals surface area contributed by atoms with Crippen LogP contribution in [-0.2, 0) is 4.79 Å². The Balaban J connectivity index is 1.54. The average Bonchev–Trinajstić information content (AvgIpc) is 3.08. The molecule has 0 unspecified atom stereocenters. The molecule has 0 radical (unpaired) electrons. The van der Waals surface area contributed by atoms with Crippen molar-refractivity contribution in [3.05, 3.63) is 41.4 Å². The van der Waals surface area contributed by atoms with Gasteiger partial charge in [-0.1, -0.05) is 41.7 Å². The van der Waals surface area contributed by atoms with Gasteiger partial charge in [-0.2, -0.15) is 0 Å². The molecule has 2 fully saturated rings. The van der Waals surface area contributed by atoms with Crippen LogP contribution in [0.15, 0.2) is 35.8 Å². The lowest BCUT2D eigenvalue weighted by atomic mass is 9.64. The van der Waals surface area contributed by atoms with E-state index in [9.17, 15) is 4.79 Å². The Morgan fingerprint density at radius 2 is 2.00 bits per heavy atom. The van der Waals surface area contributed by atoms with E-state index in [0.717, 1.165) is 31.1 Å². The second kappa shape index (κ2) is 4.80. The quantitative estimate of drug-likeness (QED) is 0.862. The lowest BCUT2D eigenvalue weighted by Crippen LogP contribution is -2.64. The second-order valence-electron chi connectivity index (χ2n) is 5.68. The molecule has 1 aromatic heterocycles. The minimum atomic E-state index is -0.234. The standard InChI is InChI=1S/C15H16N4OS/c20-13-15(12(17-13)11-4-2-1-3-5-11)6-8-19(9-7-15)14-18-16-10-21-14/h1-5,10,12H,6-9H2,(H,17,20)/t12-/m0/s1. The van der Waals surface area contributed by atoms with Crippen LogP contribution in [0.25, 0.3) is 0 Å². The maximum absolute atomic E-state index is 12.2. The third-order valence-electron chi connectivity index (χ3n) is 4.69. The largest absolute Gasteiger partial charge is 0.348 e. The number of carbonyl (C=O) groups is 1. The summed E-state index contributed by atoms with van der Waals surface area (Å²) in [6, 6.07) is 10.4. The minimum absolute atomic E-state index is 0.155. The molecule has 2 aromatic rings. The third-order valence-corrected chi connectivity index (χ3v) is 5.44. The lowest BCUT2D eigenvalue weighted by Gasteiger charge is -2.52. The molecule has 1 N–H and O–H groups in total. The van der Waals surface area contributed by atoms with Gasteiger partial charge in [-0.25, -0.2) is 0 Å². The summed E-state index contributed by atoms with van der Waals surface area (Å²) in [4.78, 5) is 14.5. The third kappa shape index (κ3) is 1.93. The molecule has 0 bridgehead atoms. The highest BCUT2D eigenvalue weighted by atomic mass is 32.1. The van der Waals surface area contributed by atoms with Gasteiger partial charge in [0.2, 0.25) is 11.0 Å². The molecule has 2 saturated heterocycles. The van der Waals surface area contributed by atoms with Gasteiger partial charge in [-0.05, 0) is 18.4 Å². The molecule has 2 aliphatic heterocycles. The summed E-state index contributed by atoms with van der Waals surface area (Å²) in [6.45, 7) is 1.73. The Bertz CT molecular complexity index is 635. The molecule has 0 saturated carbocycles. The first-order valence-electron chi connectivity index (χ1n) is 7.17. The normalized spacial score (nSPS) is 23.7. The number of rotatable bonds is 2. The van der Waals surface area contributed by atoms with Crippen molar-refractivity contribution < 1.29 is 4.79 Å². The van der Waals surface area contributed by atoms with E-state index in [2.05, 4.69) is 32.5 Å². The van der Waals surface area contributed by atoms with Crippen LogP contribution in [0.1, 0.15) is 24.4 Å². The van der Waals surface area contributed by atoms with Crippen LogP contribution >= 0.6 is 11.3 Å². The first-order valence-corrected chi connectivity index (χ1v) is 8.05. The van der Waals surface area contributed by atoms with Gasteiger partial charge >= 0.3 is 0 Å². The number of anilines is 1. The van der Waals surface area contributed by atoms with Gasteiger partial charge < -0.3 is 10.2 Å². The van der Waals surface area contributed by atoms with Crippen molar-refractivity contribution >= 4 is 22.4 Å². The van der Waals surface area contributed by atoms with Gasteiger partial charge in [-0.15, -0.1) is 10.2 Å². The summed E-state index contributed by atoms with van der Waals surface area (Å²) in [5.41, 5.74) is 2.73. The van der Waals surface area contributed by atoms with E-state index in [1.807, 2.05) is 18.2 Å². The Morgan fingerprint density at radius 3 is 2.62 bits per heavy atom. The van der Waals surface area contributed by atoms with Crippen LogP contribution < -0.4 is 10.2 Å². The predicted octanol–water partition coefficient (Wildman–Crippen LogP) is 2.00. The number of hydrogen-bond donors (Lipinski definition) is 1. The number of nitrogens with one attached hydrogen (secondary N) is 1. The lowest BCUT2D eigenvalue weighted by molar-refractivity contribution is -0.148. The zero-order valence-corrected chi connectivity index (χ0v) is 12.3. The summed E-state index contributed by atoms with van der Waals surface area (Å²) >= 11 is 1.56. The molecule has 0 aliphatic carbocycles. The van der Waals surface area contributed by atoms with E-state index in [4.69, 9.17) is 0 Å². The molecule has 4 rings (SSSR count). The fourth-order valence-electron chi connectivity index (χ4n) is 3.43. The van der Waals surface area contributed by atoms with Crippen molar-refractivity contribution in [2.24, 2.45) is 5.41 Å². The maximum atomic E-state index is 12.2. The molecule has 1 spiro atoms. The topological polar surface area (TPSA) is 58.1 Å². The summed E-state index contributed by atoms with van der Waals surface area (Å²) < 4.78 is 0. The Hall–Kier alpha value is -1.95. The van der Waals surface area contributed by atoms with Gasteiger partial charge in [0.15, 0.2) is 0 Å². The summed E-state index contributed by atoms with van der Waals surface area (Å²) in [7, 11) is 0. The molecular weight excluding hydrogens is 284 g/mol. The zero-order valence-electron chi connectivity index (χ0n) is 11.5. The fraction of sp³-hybridized carbons (Fsp3) is 0.400. The number of nitrogens with zero attached hydrogens (tertiary/aromatic N) is 3. The fourth-order valence-corrected chi connectivity index (χ4v) is 4.05. The van der Waals surface area contributed by atoms with E-state index < -0.39 is 0 Å². The highest BCUT2D eigenvalue weighted by Gasteiger charge is 2.56. The van der Waals surface area contributed by atoms with E-state index in [-0.39, 0.29) is 17.4 Å². The van der Waals surface area contributed by atoms with Crippen molar-refractivity contribution in [2.75, 3.05) is 18.0 Å². The minimum Gasteiger partial charge on any atom is -0.348 e. The van der Waals surface area contributed by atoms with Crippen molar-refractivity contribution in [3.63, 3.8) is 0 Å². The average molecular weight is 300 g/mol. The van der Waals surface area contributed by atoms with Gasteiger partial charge in [-0.3, -0.25) is 4.79 Å². The van der Waals surface area contributed by atoms with E-state index >= 15 is 0 Å². The highest BCUT2D eigenvalue weighted by Crippen LogP contribution is 2.50. The van der Waals surface area contributed by atoms with Gasteiger partial charge in [0.25, 0.3) is 0 Å². The predicted molar refractivity (Wildman–Crippen MR) is 81.1 cm³/mol. The Labute approximate surface area is 127 Å². The van der Waals surface area contributed by atoms with E-state index in [1.54, 1.807) is 16.8 Å². The number of amides is 1. The molecule has 3 heterocycles. The number of carbonyl (C=O) groups excluding carboxylic acids is 1. The SMILES string of the molecule is O=C1N[C@@H](c2ccccc2)C12CCN(c1nncs1)CC2. The van der Waals surface area contributed by atoms with Crippen molar-refractivity contribution in [1.29, 1.82) is 0 Å². The van der Waals surface area contributed by atoms with Gasteiger partial charge in [0, 0.05) is 13.1 Å². The maximum Gasteiger partial charge on any atom is 0.229 e. The first-order chi connectivity index (χ1) is 10.3. The van der Waals surface area contributed by atoms with E-state index in [1.165, 1.54) is 5.56 Å². The highest BCUT2D eigenvalue weighted by molar-refractivity contribution is 7.13. The molecule has 1 amide bonds. The van der Waals surface area contributed by atoms with Crippen molar-refractivity contribution in [2.45, 2.75) is 18.9 Å². The second-order valence-corrected chi connectivity index (χ2v) is 6.49. The van der Waals surface area contributed by atoms with Crippen molar-refractivity contribution in [1.82, 2.24) is 15.5 Å². The van der Waals surface area contributed by atoms with Crippen LogP contribution in [-0.4, -0.2) is 29.2 Å². The van der Waals surface area contributed by atoms with Gasteiger partial charge in [0.05, 0.1) is 11.5 Å². The van der Waals surface area contributed by atoms with E-state index in [0.29, 0.717) is 0 Å². The monoisotopic (exact) mass is 300 g/mol. The summed E-state index contributed by atoms with van der Waals surface area (Å²) in [6.07, 6.45) is 1.75. The van der Waals surface area contributed by atoms with Gasteiger partial charge in [0.1, 0.15) is 5.51 Å². The summed E-state index contributed by atoms with van der Waals surface area (Å²) in [5.74, 6) is 0.202. The number of hydrogen-bond acceptors (Lipinski definition) is 5. The van der Waals surface area contributed by atoms with Crippen LogP contribution in [0.4, 0.5) is 5.13 Å². The van der Waals surface area contributed by atoms with Crippen LogP contribution in [0.2, 0.25) is 0 Å². The Morgan fingerprint density at radius 1 is 1.24 bits per heavy atom. The number of benzene rings is 1. The van der Waals surface area contributed by atoms with Crippen LogP contribution in [0.3, 0.4) is 0 Å². The molecule has 1 atom stereocenters. The molecule has 5 nitrogen and oxygen atoms in total. The summed E-state index contributed by atoms with van der Waals surface area (Å²) in [5, 5.41) is 12.1. The van der Waals surface area contributed by atoms with Crippen LogP contribution in [0, 0.1) is 5.41 Å². The molecule has 1 aromatic carbocycles. The number of β-lactam (4-membered cyclic amide) rings is 1. The number of aromatic nitrogens is 2.